The first-order valence-corrected chi connectivity index (χ1v) is 8.65. The summed E-state index contributed by atoms with van der Waals surface area (Å²) < 4.78 is 6.98. The van der Waals surface area contributed by atoms with Gasteiger partial charge in [-0.25, -0.2) is 0 Å². The fourth-order valence-electron chi connectivity index (χ4n) is 3.23. The molecule has 1 N–H and O–H groups in total. The van der Waals surface area contributed by atoms with Gasteiger partial charge in [-0.1, -0.05) is 28.1 Å². The molecule has 1 aliphatic heterocycles. The number of carboxylic acid groups (broad SMARTS) is 1. The van der Waals surface area contributed by atoms with Crippen molar-refractivity contribution in [2.24, 2.45) is 5.92 Å². The van der Waals surface area contributed by atoms with Crippen molar-refractivity contribution >= 4 is 21.9 Å². The summed E-state index contributed by atoms with van der Waals surface area (Å²) in [6.45, 7) is 3.56. The Bertz CT molecular complexity index is 697. The van der Waals surface area contributed by atoms with Gasteiger partial charge in [-0.05, 0) is 50.6 Å². The van der Waals surface area contributed by atoms with Crippen molar-refractivity contribution in [3.05, 3.63) is 46.6 Å². The lowest BCUT2D eigenvalue weighted by molar-refractivity contribution is -0.145. The Morgan fingerprint density at radius 2 is 2.22 bits per heavy atom. The van der Waals surface area contributed by atoms with Crippen LogP contribution in [0.5, 0.6) is 0 Å². The number of furan rings is 1. The van der Waals surface area contributed by atoms with Gasteiger partial charge in [-0.2, -0.15) is 0 Å². The number of hydrogen-bond acceptors (Lipinski definition) is 3. The van der Waals surface area contributed by atoms with Gasteiger partial charge in [0, 0.05) is 16.1 Å². The van der Waals surface area contributed by atoms with Crippen LogP contribution in [-0.2, 0) is 11.3 Å². The largest absolute Gasteiger partial charge is 0.481 e. The van der Waals surface area contributed by atoms with Gasteiger partial charge in [-0.15, -0.1) is 0 Å². The Morgan fingerprint density at radius 3 is 2.96 bits per heavy atom. The van der Waals surface area contributed by atoms with Gasteiger partial charge in [0.1, 0.15) is 11.5 Å². The molecule has 122 valence electrons. The summed E-state index contributed by atoms with van der Waals surface area (Å²) in [5.41, 5.74) is 1.03. The first kappa shape index (κ1) is 16.3. The molecule has 0 amide bonds. The van der Waals surface area contributed by atoms with Gasteiger partial charge < -0.3 is 9.52 Å². The van der Waals surface area contributed by atoms with Crippen LogP contribution < -0.4 is 0 Å². The molecule has 2 atom stereocenters. The van der Waals surface area contributed by atoms with Crippen molar-refractivity contribution in [1.29, 1.82) is 0 Å². The summed E-state index contributed by atoms with van der Waals surface area (Å²) in [7, 11) is 0. The van der Waals surface area contributed by atoms with Crippen LogP contribution in [0.15, 0.2) is 45.3 Å². The highest BCUT2D eigenvalue weighted by atomic mass is 79.9. The summed E-state index contributed by atoms with van der Waals surface area (Å²) >= 11 is 3.47. The summed E-state index contributed by atoms with van der Waals surface area (Å²) in [4.78, 5) is 13.5. The molecule has 1 aromatic heterocycles. The minimum absolute atomic E-state index is 0.0284. The highest BCUT2D eigenvalue weighted by Crippen LogP contribution is 2.28. The third-order valence-corrected chi connectivity index (χ3v) is 5.06. The average Bonchev–Trinajstić information content (AvgIpc) is 2.98. The molecule has 1 aliphatic rings. The number of rotatable bonds is 4. The van der Waals surface area contributed by atoms with Gasteiger partial charge in [-0.3, -0.25) is 9.69 Å². The Morgan fingerprint density at radius 1 is 1.39 bits per heavy atom. The summed E-state index contributed by atoms with van der Waals surface area (Å²) in [6, 6.07) is 12.0. The third kappa shape index (κ3) is 3.67. The molecular formula is C18H20BrNO3. The minimum atomic E-state index is -0.698. The SMILES string of the molecule is C[C@@H]1[C@H](C(=O)O)CCCN1Cc1ccc(-c2cccc(Br)c2)o1. The van der Waals surface area contributed by atoms with Crippen LogP contribution in [0, 0.1) is 5.92 Å². The molecular weight excluding hydrogens is 358 g/mol. The van der Waals surface area contributed by atoms with Crippen LogP contribution >= 0.6 is 15.9 Å². The maximum Gasteiger partial charge on any atom is 0.308 e. The number of carbonyl (C=O) groups is 1. The fourth-order valence-corrected chi connectivity index (χ4v) is 3.63. The minimum Gasteiger partial charge on any atom is -0.481 e. The quantitative estimate of drug-likeness (QED) is 0.857. The molecule has 1 saturated heterocycles. The van der Waals surface area contributed by atoms with Gasteiger partial charge in [0.25, 0.3) is 0 Å². The molecule has 23 heavy (non-hydrogen) atoms. The normalized spacial score (nSPS) is 22.2. The molecule has 2 heterocycles. The van der Waals surface area contributed by atoms with E-state index in [4.69, 9.17) is 4.42 Å². The average molecular weight is 378 g/mol. The lowest BCUT2D eigenvalue weighted by Crippen LogP contribution is -2.45. The van der Waals surface area contributed by atoms with Gasteiger partial charge >= 0.3 is 5.97 Å². The number of benzene rings is 1. The number of halogens is 1. The van der Waals surface area contributed by atoms with E-state index in [1.165, 1.54) is 0 Å². The van der Waals surface area contributed by atoms with Crippen molar-refractivity contribution in [3.8, 4) is 11.3 Å². The fraction of sp³-hybridized carbons (Fsp3) is 0.389. The van der Waals surface area contributed by atoms with Gasteiger partial charge in [0.15, 0.2) is 0 Å². The number of carboxylic acids is 1. The monoisotopic (exact) mass is 377 g/mol. The van der Waals surface area contributed by atoms with E-state index in [-0.39, 0.29) is 12.0 Å². The molecule has 0 spiro atoms. The van der Waals surface area contributed by atoms with E-state index in [0.717, 1.165) is 40.9 Å². The van der Waals surface area contributed by atoms with Crippen LogP contribution in [0.25, 0.3) is 11.3 Å². The molecule has 0 unspecified atom stereocenters. The Kier molecular flexibility index (Phi) is 4.87. The maximum atomic E-state index is 11.3. The zero-order valence-corrected chi connectivity index (χ0v) is 14.6. The molecule has 1 fully saturated rings. The predicted molar refractivity (Wildman–Crippen MR) is 92.1 cm³/mol. The van der Waals surface area contributed by atoms with Crippen LogP contribution in [0.4, 0.5) is 0 Å². The molecule has 5 heteroatoms. The second-order valence-electron chi connectivity index (χ2n) is 6.07. The van der Waals surface area contributed by atoms with E-state index < -0.39 is 5.97 Å². The number of aliphatic carboxylic acids is 1. The van der Waals surface area contributed by atoms with Gasteiger partial charge in [0.05, 0.1) is 12.5 Å². The lowest BCUT2D eigenvalue weighted by atomic mass is 9.90. The molecule has 1 aromatic carbocycles. The van der Waals surface area contributed by atoms with E-state index in [0.29, 0.717) is 6.54 Å². The first-order chi connectivity index (χ1) is 11.0. The van der Waals surface area contributed by atoms with E-state index in [1.807, 2.05) is 43.3 Å². The van der Waals surface area contributed by atoms with Crippen LogP contribution in [-0.4, -0.2) is 28.6 Å². The molecule has 3 rings (SSSR count). The molecule has 2 aromatic rings. The number of likely N-dealkylation sites (tertiary alicyclic amines) is 1. The molecule has 0 bridgehead atoms. The first-order valence-electron chi connectivity index (χ1n) is 7.86. The van der Waals surface area contributed by atoms with E-state index in [1.54, 1.807) is 0 Å². The Balaban J connectivity index is 1.73. The summed E-state index contributed by atoms with van der Waals surface area (Å²) in [6.07, 6.45) is 1.68. The zero-order chi connectivity index (χ0) is 16.4. The van der Waals surface area contributed by atoms with Crippen LogP contribution in [0.3, 0.4) is 0 Å². The second kappa shape index (κ2) is 6.89. The molecule has 0 radical (unpaired) electrons. The Labute approximate surface area is 144 Å². The van der Waals surface area contributed by atoms with E-state index >= 15 is 0 Å². The van der Waals surface area contributed by atoms with Crippen molar-refractivity contribution < 1.29 is 14.3 Å². The zero-order valence-electron chi connectivity index (χ0n) is 13.0. The number of piperidine rings is 1. The highest BCUT2D eigenvalue weighted by Gasteiger charge is 2.33. The highest BCUT2D eigenvalue weighted by molar-refractivity contribution is 9.10. The third-order valence-electron chi connectivity index (χ3n) is 4.57. The Hall–Kier alpha value is -1.59. The van der Waals surface area contributed by atoms with Crippen LogP contribution in [0.1, 0.15) is 25.5 Å². The number of nitrogens with zero attached hydrogens (tertiary/aromatic N) is 1. The lowest BCUT2D eigenvalue weighted by Gasteiger charge is -2.36. The number of hydrogen-bond donors (Lipinski definition) is 1. The standard InChI is InChI=1S/C18H20BrNO3/c1-12-16(18(21)22)6-3-9-20(12)11-15-7-8-17(23-15)13-4-2-5-14(19)10-13/h2,4-5,7-8,10,12,16H,3,6,9,11H2,1H3,(H,21,22)/t12-,16-/m1/s1. The molecule has 4 nitrogen and oxygen atoms in total. The second-order valence-corrected chi connectivity index (χ2v) is 6.99. The van der Waals surface area contributed by atoms with E-state index in [9.17, 15) is 9.90 Å². The smallest absolute Gasteiger partial charge is 0.308 e. The molecule has 0 saturated carbocycles. The maximum absolute atomic E-state index is 11.3. The van der Waals surface area contributed by atoms with Crippen LogP contribution in [0.2, 0.25) is 0 Å². The predicted octanol–water partition coefficient (Wildman–Crippen LogP) is 4.39. The van der Waals surface area contributed by atoms with Crippen molar-refractivity contribution in [3.63, 3.8) is 0 Å². The van der Waals surface area contributed by atoms with Crippen molar-refractivity contribution in [1.82, 2.24) is 4.90 Å². The van der Waals surface area contributed by atoms with Gasteiger partial charge in [0.2, 0.25) is 0 Å². The van der Waals surface area contributed by atoms with Crippen molar-refractivity contribution in [2.75, 3.05) is 6.54 Å². The topological polar surface area (TPSA) is 53.7 Å². The molecule has 0 aliphatic carbocycles. The summed E-state index contributed by atoms with van der Waals surface area (Å²) in [5, 5.41) is 9.32. The summed E-state index contributed by atoms with van der Waals surface area (Å²) in [5.74, 6) is 0.721. The van der Waals surface area contributed by atoms with E-state index in [2.05, 4.69) is 20.8 Å². The van der Waals surface area contributed by atoms with Crippen molar-refractivity contribution in [2.45, 2.75) is 32.4 Å².